The molecule has 106 valence electrons. The Morgan fingerprint density at radius 1 is 1.32 bits per heavy atom. The minimum absolute atomic E-state index is 0.342. The number of sulfonamides is 1. The molecule has 0 aliphatic carbocycles. The lowest BCUT2D eigenvalue weighted by Gasteiger charge is -2.12. The minimum Gasteiger partial charge on any atom is -0.478 e. The highest BCUT2D eigenvalue weighted by Crippen LogP contribution is 2.32. The summed E-state index contributed by atoms with van der Waals surface area (Å²) in [5, 5.41) is 8.71. The van der Waals surface area contributed by atoms with Crippen LogP contribution in [-0.4, -0.2) is 25.2 Å². The van der Waals surface area contributed by atoms with Crippen LogP contribution in [0.3, 0.4) is 0 Å². The lowest BCUT2D eigenvalue weighted by atomic mass is 10.1. The standard InChI is InChI=1S/C10H10F3NO4S/c1-2-19(17,18)14-8-4-6(9(15)16)3-7(5-8)10(11,12)13/h3-5,14H,2H2,1H3,(H,15,16). The van der Waals surface area contributed by atoms with Gasteiger partial charge in [-0.1, -0.05) is 0 Å². The molecule has 9 heteroatoms. The molecule has 0 atom stereocenters. The van der Waals surface area contributed by atoms with E-state index >= 15 is 0 Å². The van der Waals surface area contributed by atoms with Gasteiger partial charge < -0.3 is 5.11 Å². The first kappa shape index (κ1) is 15.3. The number of anilines is 1. The molecule has 2 N–H and O–H groups in total. The quantitative estimate of drug-likeness (QED) is 0.892. The van der Waals surface area contributed by atoms with E-state index < -0.39 is 39.0 Å². The van der Waals surface area contributed by atoms with Gasteiger partial charge in [0.15, 0.2) is 0 Å². The molecule has 0 bridgehead atoms. The highest BCUT2D eigenvalue weighted by molar-refractivity contribution is 7.92. The normalized spacial score (nSPS) is 12.2. The van der Waals surface area contributed by atoms with Gasteiger partial charge in [-0.2, -0.15) is 13.2 Å². The van der Waals surface area contributed by atoms with Crippen LogP contribution in [0, 0.1) is 0 Å². The number of halogens is 3. The predicted octanol–water partition coefficient (Wildman–Crippen LogP) is 2.17. The van der Waals surface area contributed by atoms with Crippen molar-refractivity contribution >= 4 is 21.7 Å². The summed E-state index contributed by atoms with van der Waals surface area (Å²) in [4.78, 5) is 10.7. The summed E-state index contributed by atoms with van der Waals surface area (Å²) in [6, 6.07) is 1.80. The molecule has 0 saturated carbocycles. The average molecular weight is 297 g/mol. The summed E-state index contributed by atoms with van der Waals surface area (Å²) in [6.07, 6.45) is -4.77. The van der Waals surface area contributed by atoms with Gasteiger partial charge in [-0.25, -0.2) is 13.2 Å². The molecule has 1 aromatic rings. The molecular weight excluding hydrogens is 287 g/mol. The number of hydrogen-bond acceptors (Lipinski definition) is 3. The van der Waals surface area contributed by atoms with Gasteiger partial charge in [-0.05, 0) is 25.1 Å². The summed E-state index contributed by atoms with van der Waals surface area (Å²) >= 11 is 0. The van der Waals surface area contributed by atoms with Crippen molar-refractivity contribution < 1.29 is 31.5 Å². The van der Waals surface area contributed by atoms with E-state index in [1.165, 1.54) is 6.92 Å². The molecule has 1 rings (SSSR count). The van der Waals surface area contributed by atoms with Crippen LogP contribution >= 0.6 is 0 Å². The first-order valence-electron chi connectivity index (χ1n) is 5.01. The zero-order valence-electron chi connectivity index (χ0n) is 9.65. The Bertz CT molecular complexity index is 595. The topological polar surface area (TPSA) is 83.5 Å². The maximum absolute atomic E-state index is 12.6. The van der Waals surface area contributed by atoms with Gasteiger partial charge in [0.1, 0.15) is 0 Å². The Kier molecular flexibility index (Phi) is 4.09. The van der Waals surface area contributed by atoms with Crippen LogP contribution in [0.15, 0.2) is 18.2 Å². The van der Waals surface area contributed by atoms with E-state index in [2.05, 4.69) is 0 Å². The second-order valence-corrected chi connectivity index (χ2v) is 5.62. The fourth-order valence-electron chi connectivity index (χ4n) is 1.23. The summed E-state index contributed by atoms with van der Waals surface area (Å²) in [6.45, 7) is 1.30. The summed E-state index contributed by atoms with van der Waals surface area (Å²) in [5.41, 5.74) is -2.32. The van der Waals surface area contributed by atoms with Crippen LogP contribution < -0.4 is 4.72 Å². The molecule has 5 nitrogen and oxygen atoms in total. The molecule has 0 fully saturated rings. The van der Waals surface area contributed by atoms with Gasteiger partial charge in [-0.15, -0.1) is 0 Å². The van der Waals surface area contributed by atoms with Crippen molar-refractivity contribution in [3.05, 3.63) is 29.3 Å². The Hall–Kier alpha value is -1.77. The molecule has 0 spiro atoms. The third kappa shape index (κ3) is 4.12. The average Bonchev–Trinajstić information content (AvgIpc) is 2.26. The monoisotopic (exact) mass is 297 g/mol. The van der Waals surface area contributed by atoms with Crippen molar-refractivity contribution in [1.82, 2.24) is 0 Å². The Morgan fingerprint density at radius 2 is 1.89 bits per heavy atom. The van der Waals surface area contributed by atoms with Crippen molar-refractivity contribution in [3.63, 3.8) is 0 Å². The fraction of sp³-hybridized carbons (Fsp3) is 0.300. The van der Waals surface area contributed by atoms with E-state index in [1.54, 1.807) is 0 Å². The predicted molar refractivity (Wildman–Crippen MR) is 61.5 cm³/mol. The zero-order valence-corrected chi connectivity index (χ0v) is 10.5. The second-order valence-electron chi connectivity index (χ2n) is 3.61. The van der Waals surface area contributed by atoms with Crippen molar-refractivity contribution in [3.8, 4) is 0 Å². The number of rotatable bonds is 4. The number of carboxylic acid groups (broad SMARTS) is 1. The first-order chi connectivity index (χ1) is 8.55. The van der Waals surface area contributed by atoms with E-state index in [-0.39, 0.29) is 5.75 Å². The third-order valence-corrected chi connectivity index (χ3v) is 3.47. The highest BCUT2D eigenvalue weighted by Gasteiger charge is 2.32. The molecule has 0 radical (unpaired) electrons. The minimum atomic E-state index is -4.77. The number of aromatic carboxylic acids is 1. The SMILES string of the molecule is CCS(=O)(=O)Nc1cc(C(=O)O)cc(C(F)(F)F)c1. The van der Waals surface area contributed by atoms with Crippen molar-refractivity contribution in [1.29, 1.82) is 0 Å². The van der Waals surface area contributed by atoms with E-state index in [9.17, 15) is 26.4 Å². The van der Waals surface area contributed by atoms with Gasteiger partial charge in [0, 0.05) is 5.69 Å². The summed E-state index contributed by atoms with van der Waals surface area (Å²) in [5.74, 6) is -1.92. The number of alkyl halides is 3. The van der Waals surface area contributed by atoms with Gasteiger partial charge in [0.05, 0.1) is 16.9 Å². The Labute approximate surface area is 107 Å². The highest BCUT2D eigenvalue weighted by atomic mass is 32.2. The van der Waals surface area contributed by atoms with Crippen LogP contribution in [0.25, 0.3) is 0 Å². The number of benzene rings is 1. The molecule has 0 unspecified atom stereocenters. The van der Waals surface area contributed by atoms with Gasteiger partial charge in [0.25, 0.3) is 0 Å². The van der Waals surface area contributed by atoms with Crippen molar-refractivity contribution in [2.75, 3.05) is 10.5 Å². The van der Waals surface area contributed by atoms with E-state index in [0.717, 1.165) is 6.07 Å². The summed E-state index contributed by atoms with van der Waals surface area (Å²) < 4.78 is 62.1. The number of hydrogen-bond donors (Lipinski definition) is 2. The molecule has 0 amide bonds. The van der Waals surface area contributed by atoms with Crippen LogP contribution in [0.4, 0.5) is 18.9 Å². The third-order valence-electron chi connectivity index (χ3n) is 2.16. The lowest BCUT2D eigenvalue weighted by Crippen LogP contribution is -2.16. The van der Waals surface area contributed by atoms with Crippen LogP contribution in [-0.2, 0) is 16.2 Å². The van der Waals surface area contributed by atoms with Crippen molar-refractivity contribution in [2.45, 2.75) is 13.1 Å². The molecule has 0 aliphatic heterocycles. The Balaban J connectivity index is 3.33. The smallest absolute Gasteiger partial charge is 0.416 e. The lowest BCUT2D eigenvalue weighted by molar-refractivity contribution is -0.137. The molecule has 0 heterocycles. The number of carbonyl (C=O) groups is 1. The molecule has 19 heavy (non-hydrogen) atoms. The van der Waals surface area contributed by atoms with Gasteiger partial charge in [-0.3, -0.25) is 4.72 Å². The van der Waals surface area contributed by atoms with E-state index in [0.29, 0.717) is 12.1 Å². The second kappa shape index (κ2) is 5.08. The first-order valence-corrected chi connectivity index (χ1v) is 6.66. The van der Waals surface area contributed by atoms with Crippen LogP contribution in [0.1, 0.15) is 22.8 Å². The van der Waals surface area contributed by atoms with E-state index in [4.69, 9.17) is 5.11 Å². The molecule has 0 aliphatic rings. The van der Waals surface area contributed by atoms with Crippen LogP contribution in [0.2, 0.25) is 0 Å². The molecular formula is C10H10F3NO4S. The zero-order chi connectivity index (χ0) is 14.8. The number of nitrogens with one attached hydrogen (secondary N) is 1. The number of carboxylic acids is 1. The molecule has 1 aromatic carbocycles. The van der Waals surface area contributed by atoms with E-state index in [1.807, 2.05) is 4.72 Å². The molecule has 0 aromatic heterocycles. The Morgan fingerprint density at radius 3 is 2.32 bits per heavy atom. The van der Waals surface area contributed by atoms with Crippen molar-refractivity contribution in [2.24, 2.45) is 0 Å². The maximum atomic E-state index is 12.6. The molecule has 0 saturated heterocycles. The van der Waals surface area contributed by atoms with Crippen LogP contribution in [0.5, 0.6) is 0 Å². The fourth-order valence-corrected chi connectivity index (χ4v) is 1.85. The van der Waals surface area contributed by atoms with Gasteiger partial charge >= 0.3 is 12.1 Å². The maximum Gasteiger partial charge on any atom is 0.416 e. The van der Waals surface area contributed by atoms with Gasteiger partial charge in [0.2, 0.25) is 10.0 Å². The summed E-state index contributed by atoms with van der Waals surface area (Å²) in [7, 11) is -3.79. The largest absolute Gasteiger partial charge is 0.478 e.